The summed E-state index contributed by atoms with van der Waals surface area (Å²) in [5.74, 6) is 0. The minimum Gasteiger partial charge on any atom is -0.378 e. The maximum atomic E-state index is 2.34. The first-order valence-electron chi connectivity index (χ1n) is 6.90. The van der Waals surface area contributed by atoms with Gasteiger partial charge in [-0.1, -0.05) is 44.0 Å². The Hall–Kier alpha value is -1.50. The molecule has 0 amide bonds. The normalized spacial score (nSPS) is 10.8. The standard InChI is InChI=1S/C17H23N/c1-4-5-6-7-14-8-9-16-13-17(18(2)3)11-10-15(16)12-14/h8-13H,4-7H2,1-3H3. The van der Waals surface area contributed by atoms with Gasteiger partial charge in [-0.2, -0.15) is 0 Å². The van der Waals surface area contributed by atoms with Crippen molar-refractivity contribution in [3.63, 3.8) is 0 Å². The van der Waals surface area contributed by atoms with Gasteiger partial charge in [0, 0.05) is 19.8 Å². The van der Waals surface area contributed by atoms with Crippen LogP contribution in [0.1, 0.15) is 31.7 Å². The summed E-state index contributed by atoms with van der Waals surface area (Å²) in [6, 6.07) is 13.5. The molecule has 0 fully saturated rings. The number of anilines is 1. The first-order chi connectivity index (χ1) is 8.70. The topological polar surface area (TPSA) is 3.24 Å². The van der Waals surface area contributed by atoms with E-state index in [1.807, 2.05) is 0 Å². The van der Waals surface area contributed by atoms with Gasteiger partial charge in [0.25, 0.3) is 0 Å². The van der Waals surface area contributed by atoms with Gasteiger partial charge in [0.2, 0.25) is 0 Å². The number of fused-ring (bicyclic) bond motifs is 1. The van der Waals surface area contributed by atoms with Crippen LogP contribution in [0.5, 0.6) is 0 Å². The molecule has 0 aliphatic carbocycles. The quantitative estimate of drug-likeness (QED) is 0.689. The zero-order valence-electron chi connectivity index (χ0n) is 11.7. The summed E-state index contributed by atoms with van der Waals surface area (Å²) in [5, 5.41) is 2.69. The maximum Gasteiger partial charge on any atom is 0.0367 e. The molecule has 0 aliphatic rings. The second-order valence-electron chi connectivity index (χ2n) is 5.22. The van der Waals surface area contributed by atoms with Crippen molar-refractivity contribution in [1.82, 2.24) is 0 Å². The van der Waals surface area contributed by atoms with Crippen molar-refractivity contribution in [2.24, 2.45) is 0 Å². The fourth-order valence-corrected chi connectivity index (χ4v) is 2.30. The molecule has 0 heterocycles. The van der Waals surface area contributed by atoms with Gasteiger partial charge in [0.15, 0.2) is 0 Å². The van der Waals surface area contributed by atoms with Gasteiger partial charge in [0.05, 0.1) is 0 Å². The first kappa shape index (κ1) is 12.9. The molecule has 2 aromatic rings. The highest BCUT2D eigenvalue weighted by Gasteiger charge is 2.00. The van der Waals surface area contributed by atoms with Crippen molar-refractivity contribution in [2.75, 3.05) is 19.0 Å². The Morgan fingerprint density at radius 3 is 2.33 bits per heavy atom. The van der Waals surface area contributed by atoms with Crippen molar-refractivity contribution in [3.05, 3.63) is 42.0 Å². The van der Waals surface area contributed by atoms with Crippen LogP contribution < -0.4 is 4.90 Å². The van der Waals surface area contributed by atoms with Gasteiger partial charge in [-0.15, -0.1) is 0 Å². The monoisotopic (exact) mass is 241 g/mol. The smallest absolute Gasteiger partial charge is 0.0367 e. The number of benzene rings is 2. The summed E-state index contributed by atoms with van der Waals surface area (Å²) >= 11 is 0. The van der Waals surface area contributed by atoms with E-state index in [9.17, 15) is 0 Å². The highest BCUT2D eigenvalue weighted by Crippen LogP contribution is 2.22. The lowest BCUT2D eigenvalue weighted by atomic mass is 10.0. The summed E-state index contributed by atoms with van der Waals surface area (Å²) < 4.78 is 0. The van der Waals surface area contributed by atoms with Gasteiger partial charge in [-0.3, -0.25) is 0 Å². The lowest BCUT2D eigenvalue weighted by Gasteiger charge is -2.13. The molecule has 1 nitrogen and oxygen atoms in total. The largest absolute Gasteiger partial charge is 0.378 e. The van der Waals surface area contributed by atoms with E-state index >= 15 is 0 Å². The van der Waals surface area contributed by atoms with Crippen molar-refractivity contribution in [1.29, 1.82) is 0 Å². The Morgan fingerprint density at radius 1 is 0.889 bits per heavy atom. The average molecular weight is 241 g/mol. The third-order valence-corrected chi connectivity index (χ3v) is 3.47. The van der Waals surface area contributed by atoms with Crippen LogP contribution in [0.2, 0.25) is 0 Å². The van der Waals surface area contributed by atoms with E-state index in [1.54, 1.807) is 0 Å². The zero-order valence-corrected chi connectivity index (χ0v) is 11.7. The van der Waals surface area contributed by atoms with E-state index in [-0.39, 0.29) is 0 Å². The van der Waals surface area contributed by atoms with Crippen molar-refractivity contribution in [2.45, 2.75) is 32.6 Å². The molecule has 0 radical (unpaired) electrons. The Bertz CT molecular complexity index is 514. The highest BCUT2D eigenvalue weighted by molar-refractivity contribution is 5.86. The minimum atomic E-state index is 1.21. The van der Waals surface area contributed by atoms with Gasteiger partial charge in [-0.25, -0.2) is 0 Å². The van der Waals surface area contributed by atoms with Crippen LogP contribution in [0.25, 0.3) is 10.8 Å². The minimum absolute atomic E-state index is 1.21. The van der Waals surface area contributed by atoms with Gasteiger partial charge >= 0.3 is 0 Å². The summed E-state index contributed by atoms with van der Waals surface area (Å²) in [6.07, 6.45) is 5.13. The van der Waals surface area contributed by atoms with Gasteiger partial charge < -0.3 is 4.90 Å². The third kappa shape index (κ3) is 3.04. The van der Waals surface area contributed by atoms with E-state index in [1.165, 1.54) is 47.7 Å². The summed E-state index contributed by atoms with van der Waals surface area (Å²) in [4.78, 5) is 2.15. The molecule has 0 spiro atoms. The van der Waals surface area contributed by atoms with Crippen LogP contribution in [0.4, 0.5) is 5.69 Å². The van der Waals surface area contributed by atoms with Crippen molar-refractivity contribution in [3.8, 4) is 0 Å². The molecule has 0 saturated heterocycles. The average Bonchev–Trinajstić information content (AvgIpc) is 2.38. The molecule has 1 heteroatoms. The predicted molar refractivity (Wildman–Crippen MR) is 81.5 cm³/mol. The van der Waals surface area contributed by atoms with Crippen LogP contribution in [0.15, 0.2) is 36.4 Å². The Labute approximate surface area is 110 Å². The molecular weight excluding hydrogens is 218 g/mol. The van der Waals surface area contributed by atoms with E-state index in [0.29, 0.717) is 0 Å². The molecule has 2 aromatic carbocycles. The Kier molecular flexibility index (Phi) is 4.24. The Balaban J connectivity index is 2.21. The molecule has 0 unspecified atom stereocenters. The summed E-state index contributed by atoms with van der Waals surface area (Å²) in [7, 11) is 4.17. The summed E-state index contributed by atoms with van der Waals surface area (Å²) in [6.45, 7) is 2.25. The fourth-order valence-electron chi connectivity index (χ4n) is 2.30. The number of hydrogen-bond acceptors (Lipinski definition) is 1. The van der Waals surface area contributed by atoms with E-state index in [4.69, 9.17) is 0 Å². The fraction of sp³-hybridized carbons (Fsp3) is 0.412. The van der Waals surface area contributed by atoms with Crippen LogP contribution in [-0.2, 0) is 6.42 Å². The summed E-state index contributed by atoms with van der Waals surface area (Å²) in [5.41, 5.74) is 2.73. The number of rotatable bonds is 5. The van der Waals surface area contributed by atoms with Gasteiger partial charge in [-0.05, 0) is 41.3 Å². The molecule has 0 atom stereocenters. The van der Waals surface area contributed by atoms with Crippen molar-refractivity contribution < 1.29 is 0 Å². The molecule has 96 valence electrons. The third-order valence-electron chi connectivity index (χ3n) is 3.47. The van der Waals surface area contributed by atoms with Crippen LogP contribution in [0.3, 0.4) is 0 Å². The molecular formula is C17H23N. The second-order valence-corrected chi connectivity index (χ2v) is 5.22. The maximum absolute atomic E-state index is 2.34. The second kappa shape index (κ2) is 5.90. The lowest BCUT2D eigenvalue weighted by molar-refractivity contribution is 0.718. The van der Waals surface area contributed by atoms with Crippen LogP contribution in [-0.4, -0.2) is 14.1 Å². The molecule has 0 aliphatic heterocycles. The molecule has 0 saturated carbocycles. The van der Waals surface area contributed by atoms with Crippen molar-refractivity contribution >= 4 is 16.5 Å². The van der Waals surface area contributed by atoms with E-state index in [0.717, 1.165) is 0 Å². The SMILES string of the molecule is CCCCCc1ccc2cc(N(C)C)ccc2c1. The van der Waals surface area contributed by atoms with Crippen LogP contribution in [0, 0.1) is 0 Å². The highest BCUT2D eigenvalue weighted by atomic mass is 15.1. The van der Waals surface area contributed by atoms with Gasteiger partial charge in [0.1, 0.15) is 0 Å². The molecule has 2 rings (SSSR count). The van der Waals surface area contributed by atoms with E-state index < -0.39 is 0 Å². The molecule has 0 aromatic heterocycles. The number of hydrogen-bond donors (Lipinski definition) is 0. The first-order valence-corrected chi connectivity index (χ1v) is 6.90. The molecule has 0 bridgehead atoms. The number of aryl methyl sites for hydroxylation is 1. The van der Waals surface area contributed by atoms with Crippen LogP contribution >= 0.6 is 0 Å². The number of nitrogens with zero attached hydrogens (tertiary/aromatic N) is 1. The molecule has 18 heavy (non-hydrogen) atoms. The Morgan fingerprint density at radius 2 is 1.61 bits per heavy atom. The number of unbranched alkanes of at least 4 members (excludes halogenated alkanes) is 2. The zero-order chi connectivity index (χ0) is 13.0. The lowest BCUT2D eigenvalue weighted by Crippen LogP contribution is -2.07. The molecule has 0 N–H and O–H groups in total. The predicted octanol–water partition coefficient (Wildman–Crippen LogP) is 4.64. The van der Waals surface area contributed by atoms with E-state index in [2.05, 4.69) is 62.3 Å².